The van der Waals surface area contributed by atoms with Crippen molar-refractivity contribution in [3.63, 3.8) is 0 Å². The van der Waals surface area contributed by atoms with E-state index in [4.69, 9.17) is 4.74 Å². The van der Waals surface area contributed by atoms with E-state index in [0.717, 1.165) is 17.9 Å². The number of nitrogens with one attached hydrogen (secondary N) is 2. The predicted octanol–water partition coefficient (Wildman–Crippen LogP) is 2.80. The quantitative estimate of drug-likeness (QED) is 0.869. The molecular formula is C16H24N2O2. The van der Waals surface area contributed by atoms with Crippen LogP contribution in [0, 0.1) is 5.92 Å². The highest BCUT2D eigenvalue weighted by atomic mass is 16.5. The normalized spacial score (nSPS) is 22.1. The highest BCUT2D eigenvalue weighted by Crippen LogP contribution is 2.24. The molecule has 2 N–H and O–H groups in total. The van der Waals surface area contributed by atoms with Crippen LogP contribution in [-0.4, -0.2) is 25.6 Å². The van der Waals surface area contributed by atoms with Crippen molar-refractivity contribution >= 4 is 11.6 Å². The van der Waals surface area contributed by atoms with E-state index in [1.165, 1.54) is 19.3 Å². The molecule has 2 rings (SSSR count). The van der Waals surface area contributed by atoms with E-state index in [0.29, 0.717) is 12.0 Å². The van der Waals surface area contributed by atoms with Gasteiger partial charge in [0.25, 0.3) is 0 Å². The van der Waals surface area contributed by atoms with Gasteiger partial charge in [0.15, 0.2) is 0 Å². The molecule has 0 aliphatic heterocycles. The van der Waals surface area contributed by atoms with Crippen molar-refractivity contribution in [3.05, 3.63) is 24.3 Å². The molecule has 1 aliphatic carbocycles. The molecule has 0 bridgehead atoms. The van der Waals surface area contributed by atoms with Gasteiger partial charge in [0.05, 0.1) is 19.3 Å². The van der Waals surface area contributed by atoms with Gasteiger partial charge in [-0.05, 0) is 30.9 Å². The van der Waals surface area contributed by atoms with E-state index < -0.39 is 0 Å². The number of rotatable bonds is 5. The summed E-state index contributed by atoms with van der Waals surface area (Å²) < 4.78 is 5.25. The van der Waals surface area contributed by atoms with Gasteiger partial charge in [-0.1, -0.05) is 31.9 Å². The maximum absolute atomic E-state index is 12.0. The Balaban J connectivity index is 1.82. The lowest BCUT2D eigenvalue weighted by Gasteiger charge is -2.29. The van der Waals surface area contributed by atoms with Crippen molar-refractivity contribution in [1.82, 2.24) is 5.32 Å². The molecule has 1 aromatic rings. The van der Waals surface area contributed by atoms with Crippen LogP contribution in [0.2, 0.25) is 0 Å². The van der Waals surface area contributed by atoms with Crippen molar-refractivity contribution in [3.8, 4) is 5.75 Å². The first-order valence-electron chi connectivity index (χ1n) is 7.37. The van der Waals surface area contributed by atoms with E-state index in [-0.39, 0.29) is 12.5 Å². The fraction of sp³-hybridized carbons (Fsp3) is 0.562. The highest BCUT2D eigenvalue weighted by molar-refractivity contribution is 5.81. The average Bonchev–Trinajstić information content (AvgIpc) is 2.48. The number of para-hydroxylation sites is 2. The van der Waals surface area contributed by atoms with E-state index in [9.17, 15) is 4.79 Å². The maximum Gasteiger partial charge on any atom is 0.239 e. The predicted molar refractivity (Wildman–Crippen MR) is 81.0 cm³/mol. The second-order valence-electron chi connectivity index (χ2n) is 5.49. The molecule has 0 aromatic heterocycles. The average molecular weight is 276 g/mol. The Kier molecular flexibility index (Phi) is 5.27. The minimum atomic E-state index is 0.0506. The minimum Gasteiger partial charge on any atom is -0.495 e. The van der Waals surface area contributed by atoms with Gasteiger partial charge in [-0.25, -0.2) is 0 Å². The Morgan fingerprint density at radius 2 is 2.05 bits per heavy atom. The second-order valence-corrected chi connectivity index (χ2v) is 5.49. The molecular weight excluding hydrogens is 252 g/mol. The van der Waals surface area contributed by atoms with Crippen LogP contribution in [0.25, 0.3) is 0 Å². The zero-order valence-electron chi connectivity index (χ0n) is 12.3. The summed E-state index contributed by atoms with van der Waals surface area (Å²) in [6, 6.07) is 7.95. The van der Waals surface area contributed by atoms with Crippen LogP contribution in [0.3, 0.4) is 0 Å². The number of anilines is 1. The lowest BCUT2D eigenvalue weighted by atomic mass is 9.86. The Morgan fingerprint density at radius 1 is 1.30 bits per heavy atom. The standard InChI is InChI=1S/C16H24N2O2/c1-12-7-3-4-8-13(12)18-16(19)11-17-14-9-5-6-10-15(14)20-2/h5-6,9-10,12-13,17H,3-4,7-8,11H2,1-2H3,(H,18,19)/t12-,13+/m0/s1. The lowest BCUT2D eigenvalue weighted by molar-refractivity contribution is -0.120. The van der Waals surface area contributed by atoms with Crippen molar-refractivity contribution in [2.45, 2.75) is 38.6 Å². The van der Waals surface area contributed by atoms with Crippen molar-refractivity contribution in [2.75, 3.05) is 19.0 Å². The molecule has 1 amide bonds. The third-order valence-electron chi connectivity index (χ3n) is 4.00. The van der Waals surface area contributed by atoms with Gasteiger partial charge >= 0.3 is 0 Å². The van der Waals surface area contributed by atoms with Crippen LogP contribution in [0.1, 0.15) is 32.6 Å². The van der Waals surface area contributed by atoms with Crippen LogP contribution in [0.4, 0.5) is 5.69 Å². The second kappa shape index (κ2) is 7.17. The molecule has 20 heavy (non-hydrogen) atoms. The molecule has 1 saturated carbocycles. The number of benzene rings is 1. The Bertz CT molecular complexity index is 448. The molecule has 1 fully saturated rings. The fourth-order valence-corrected chi connectivity index (χ4v) is 2.75. The third-order valence-corrected chi connectivity index (χ3v) is 4.00. The van der Waals surface area contributed by atoms with Crippen LogP contribution >= 0.6 is 0 Å². The van der Waals surface area contributed by atoms with Crippen molar-refractivity contribution in [2.24, 2.45) is 5.92 Å². The maximum atomic E-state index is 12.0. The number of methoxy groups -OCH3 is 1. The van der Waals surface area contributed by atoms with Gasteiger partial charge in [-0.2, -0.15) is 0 Å². The first-order valence-corrected chi connectivity index (χ1v) is 7.37. The number of hydrogen-bond acceptors (Lipinski definition) is 3. The molecule has 1 aliphatic rings. The molecule has 0 radical (unpaired) electrons. The molecule has 2 atom stereocenters. The number of amides is 1. The van der Waals surface area contributed by atoms with Crippen molar-refractivity contribution < 1.29 is 9.53 Å². The highest BCUT2D eigenvalue weighted by Gasteiger charge is 2.22. The van der Waals surface area contributed by atoms with E-state index in [2.05, 4.69) is 17.6 Å². The summed E-state index contributed by atoms with van der Waals surface area (Å²) in [6.45, 7) is 2.50. The lowest BCUT2D eigenvalue weighted by Crippen LogP contribution is -2.43. The summed E-state index contributed by atoms with van der Waals surface area (Å²) in [7, 11) is 1.63. The summed E-state index contributed by atoms with van der Waals surface area (Å²) >= 11 is 0. The van der Waals surface area contributed by atoms with Crippen LogP contribution in [0.5, 0.6) is 5.75 Å². The summed E-state index contributed by atoms with van der Waals surface area (Å²) in [5.74, 6) is 1.39. The number of carbonyl (C=O) groups excluding carboxylic acids is 1. The summed E-state index contributed by atoms with van der Waals surface area (Å²) in [5, 5.41) is 6.27. The van der Waals surface area contributed by atoms with E-state index in [1.54, 1.807) is 7.11 Å². The first kappa shape index (κ1) is 14.7. The number of carbonyl (C=O) groups is 1. The van der Waals surface area contributed by atoms with E-state index >= 15 is 0 Å². The van der Waals surface area contributed by atoms with E-state index in [1.807, 2.05) is 24.3 Å². The minimum absolute atomic E-state index is 0.0506. The molecule has 0 heterocycles. The van der Waals surface area contributed by atoms with Crippen LogP contribution in [0.15, 0.2) is 24.3 Å². The van der Waals surface area contributed by atoms with Crippen LogP contribution < -0.4 is 15.4 Å². The SMILES string of the molecule is COc1ccccc1NCC(=O)N[C@@H]1CCCC[C@@H]1C. The number of hydrogen-bond donors (Lipinski definition) is 2. The molecule has 4 heteroatoms. The Hall–Kier alpha value is -1.71. The molecule has 110 valence electrons. The van der Waals surface area contributed by atoms with Gasteiger partial charge in [0, 0.05) is 6.04 Å². The number of ether oxygens (including phenoxy) is 1. The van der Waals surface area contributed by atoms with Gasteiger partial charge < -0.3 is 15.4 Å². The molecule has 1 aromatic carbocycles. The van der Waals surface area contributed by atoms with Crippen molar-refractivity contribution in [1.29, 1.82) is 0 Å². The zero-order valence-corrected chi connectivity index (χ0v) is 12.3. The van der Waals surface area contributed by atoms with Gasteiger partial charge in [0.1, 0.15) is 5.75 Å². The topological polar surface area (TPSA) is 50.4 Å². The van der Waals surface area contributed by atoms with Gasteiger partial charge in [-0.3, -0.25) is 4.79 Å². The monoisotopic (exact) mass is 276 g/mol. The summed E-state index contributed by atoms with van der Waals surface area (Å²) in [5.41, 5.74) is 0.849. The largest absolute Gasteiger partial charge is 0.495 e. The van der Waals surface area contributed by atoms with Gasteiger partial charge in [-0.15, -0.1) is 0 Å². The fourth-order valence-electron chi connectivity index (χ4n) is 2.75. The Labute approximate surface area is 120 Å². The molecule has 0 unspecified atom stereocenters. The molecule has 0 saturated heterocycles. The molecule has 0 spiro atoms. The summed E-state index contributed by atoms with van der Waals surface area (Å²) in [4.78, 5) is 12.0. The summed E-state index contributed by atoms with van der Waals surface area (Å²) in [6.07, 6.45) is 4.81. The first-order chi connectivity index (χ1) is 9.70. The molecule has 4 nitrogen and oxygen atoms in total. The smallest absolute Gasteiger partial charge is 0.239 e. The van der Waals surface area contributed by atoms with Gasteiger partial charge in [0.2, 0.25) is 5.91 Å². The zero-order chi connectivity index (χ0) is 14.4. The third kappa shape index (κ3) is 3.89. The Morgan fingerprint density at radius 3 is 2.80 bits per heavy atom. The van der Waals surface area contributed by atoms with Crippen LogP contribution in [-0.2, 0) is 4.79 Å².